The Morgan fingerprint density at radius 2 is 1.59 bits per heavy atom. The zero-order valence-corrected chi connectivity index (χ0v) is 20.6. The Hall–Kier alpha value is -3.57. The van der Waals surface area contributed by atoms with Crippen LogP contribution in [0.1, 0.15) is 0 Å². The van der Waals surface area contributed by atoms with E-state index in [9.17, 15) is 13.2 Å². The van der Waals surface area contributed by atoms with Crippen LogP contribution in [0.3, 0.4) is 0 Å². The summed E-state index contributed by atoms with van der Waals surface area (Å²) < 4.78 is 30.5. The Kier molecular flexibility index (Phi) is 5.88. The Labute approximate surface area is 209 Å². The number of rotatable bonds is 5. The predicted molar refractivity (Wildman–Crippen MR) is 141 cm³/mol. The van der Waals surface area contributed by atoms with Gasteiger partial charge in [0, 0.05) is 15.3 Å². The third-order valence-corrected chi connectivity index (χ3v) is 7.21. The van der Waals surface area contributed by atoms with Crippen LogP contribution >= 0.6 is 22.6 Å². The van der Waals surface area contributed by atoms with Gasteiger partial charge in [0.25, 0.3) is 15.6 Å². The van der Waals surface area contributed by atoms with Crippen molar-refractivity contribution >= 4 is 49.3 Å². The van der Waals surface area contributed by atoms with Crippen molar-refractivity contribution in [2.45, 2.75) is 4.90 Å². The summed E-state index contributed by atoms with van der Waals surface area (Å²) in [4.78, 5) is 22.4. The maximum atomic E-state index is 13.6. The standard InChI is InChI=1S/C25H17IN4O3S/c26-18-9-14-22-21(16-18)25(31)30(24(28-22)17-6-2-1-3-7-17)19-10-12-20(13-11-19)34(32,33)29-23-8-4-5-15-27-23/h1-16H,(H,27,29). The van der Waals surface area contributed by atoms with Gasteiger partial charge in [-0.05, 0) is 77.2 Å². The van der Waals surface area contributed by atoms with Crippen molar-refractivity contribution in [1.29, 1.82) is 0 Å². The fourth-order valence-electron chi connectivity index (χ4n) is 3.57. The minimum atomic E-state index is -3.84. The van der Waals surface area contributed by atoms with Crippen LogP contribution in [0.5, 0.6) is 0 Å². The van der Waals surface area contributed by atoms with E-state index in [4.69, 9.17) is 4.98 Å². The summed E-state index contributed by atoms with van der Waals surface area (Å²) >= 11 is 2.16. The minimum absolute atomic E-state index is 0.0551. The van der Waals surface area contributed by atoms with Crippen molar-refractivity contribution < 1.29 is 8.42 Å². The Balaban J connectivity index is 1.64. The number of nitrogens with one attached hydrogen (secondary N) is 1. The SMILES string of the molecule is O=c1c2cc(I)ccc2nc(-c2ccccc2)n1-c1ccc(S(=O)(=O)Nc2ccccn2)cc1. The van der Waals surface area contributed by atoms with Crippen molar-refractivity contribution in [2.75, 3.05) is 4.72 Å². The molecule has 1 N–H and O–H groups in total. The predicted octanol–water partition coefficient (Wildman–Crippen LogP) is 4.85. The molecular formula is C25H17IN4O3S. The van der Waals surface area contributed by atoms with Crippen LogP contribution in [-0.2, 0) is 10.0 Å². The van der Waals surface area contributed by atoms with Gasteiger partial charge in [-0.3, -0.25) is 14.1 Å². The molecule has 3 aromatic carbocycles. The van der Waals surface area contributed by atoms with E-state index in [0.717, 1.165) is 9.13 Å². The van der Waals surface area contributed by atoms with E-state index in [1.165, 1.54) is 22.9 Å². The lowest BCUT2D eigenvalue weighted by atomic mass is 10.1. The molecule has 0 radical (unpaired) electrons. The average Bonchev–Trinajstić information content (AvgIpc) is 2.85. The number of hydrogen-bond acceptors (Lipinski definition) is 5. The second kappa shape index (κ2) is 8.99. The van der Waals surface area contributed by atoms with Gasteiger partial charge in [0.2, 0.25) is 0 Å². The van der Waals surface area contributed by atoms with Gasteiger partial charge in [0.15, 0.2) is 0 Å². The van der Waals surface area contributed by atoms with E-state index in [1.54, 1.807) is 36.4 Å². The quantitative estimate of drug-likeness (QED) is 0.300. The molecule has 0 aliphatic heterocycles. The Morgan fingerprint density at radius 3 is 2.29 bits per heavy atom. The van der Waals surface area contributed by atoms with Crippen molar-refractivity contribution in [2.24, 2.45) is 0 Å². The van der Waals surface area contributed by atoms with Gasteiger partial charge in [-0.2, -0.15) is 0 Å². The van der Waals surface area contributed by atoms with E-state index >= 15 is 0 Å². The molecule has 5 rings (SSSR count). The highest BCUT2D eigenvalue weighted by molar-refractivity contribution is 14.1. The van der Waals surface area contributed by atoms with Crippen LogP contribution in [0, 0.1) is 3.57 Å². The van der Waals surface area contributed by atoms with E-state index in [0.29, 0.717) is 22.4 Å². The molecule has 0 unspecified atom stereocenters. The van der Waals surface area contributed by atoms with Gasteiger partial charge in [-0.1, -0.05) is 36.4 Å². The maximum Gasteiger partial charge on any atom is 0.266 e. The summed E-state index contributed by atoms with van der Waals surface area (Å²) in [7, 11) is -3.84. The Bertz CT molecular complexity index is 1650. The van der Waals surface area contributed by atoms with E-state index in [1.807, 2.05) is 42.5 Å². The number of hydrogen-bond donors (Lipinski definition) is 1. The summed E-state index contributed by atoms with van der Waals surface area (Å²) in [6, 6.07) is 26.0. The van der Waals surface area contributed by atoms with Crippen LogP contribution < -0.4 is 10.3 Å². The zero-order chi connectivity index (χ0) is 23.7. The third kappa shape index (κ3) is 4.31. The molecule has 0 bridgehead atoms. The normalized spacial score (nSPS) is 11.4. The van der Waals surface area contributed by atoms with Crippen molar-refractivity contribution in [3.63, 3.8) is 0 Å². The molecule has 0 saturated heterocycles. The highest BCUT2D eigenvalue weighted by atomic mass is 127. The van der Waals surface area contributed by atoms with Gasteiger partial charge in [-0.25, -0.2) is 18.4 Å². The summed E-state index contributed by atoms with van der Waals surface area (Å²) in [5, 5.41) is 0.486. The lowest BCUT2D eigenvalue weighted by Crippen LogP contribution is -2.22. The molecule has 34 heavy (non-hydrogen) atoms. The van der Waals surface area contributed by atoms with Gasteiger partial charge < -0.3 is 0 Å². The molecule has 0 saturated carbocycles. The van der Waals surface area contributed by atoms with Crippen molar-refractivity contribution in [3.05, 3.63) is 111 Å². The van der Waals surface area contributed by atoms with E-state index < -0.39 is 10.0 Å². The number of sulfonamides is 1. The third-order valence-electron chi connectivity index (χ3n) is 5.17. The van der Waals surface area contributed by atoms with E-state index in [2.05, 4.69) is 32.3 Å². The summed E-state index contributed by atoms with van der Waals surface area (Å²) in [5.74, 6) is 0.698. The lowest BCUT2D eigenvalue weighted by Gasteiger charge is -2.15. The van der Waals surface area contributed by atoms with Crippen LogP contribution in [0.15, 0.2) is 107 Å². The fourth-order valence-corrected chi connectivity index (χ4v) is 5.07. The summed E-state index contributed by atoms with van der Waals surface area (Å²) in [6.45, 7) is 0. The second-order valence-electron chi connectivity index (χ2n) is 7.42. The van der Waals surface area contributed by atoms with Crippen molar-refractivity contribution in [1.82, 2.24) is 14.5 Å². The highest BCUT2D eigenvalue weighted by Gasteiger charge is 2.18. The molecule has 0 spiro atoms. The molecule has 7 nitrogen and oxygen atoms in total. The molecule has 0 atom stereocenters. The monoisotopic (exact) mass is 580 g/mol. The molecule has 5 aromatic rings. The molecule has 9 heteroatoms. The number of fused-ring (bicyclic) bond motifs is 1. The zero-order valence-electron chi connectivity index (χ0n) is 17.6. The largest absolute Gasteiger partial charge is 0.268 e. The second-order valence-corrected chi connectivity index (χ2v) is 10.3. The summed E-state index contributed by atoms with van der Waals surface area (Å²) in [5.41, 5.74) is 1.64. The maximum absolute atomic E-state index is 13.6. The number of nitrogens with zero attached hydrogens (tertiary/aromatic N) is 3. The topological polar surface area (TPSA) is 94.0 Å². The molecule has 168 valence electrons. The first-order chi connectivity index (χ1) is 16.4. The molecule has 0 aliphatic carbocycles. The van der Waals surface area contributed by atoms with Crippen LogP contribution in [0.25, 0.3) is 28.0 Å². The fraction of sp³-hybridized carbons (Fsp3) is 0. The van der Waals surface area contributed by atoms with Gasteiger partial charge in [-0.15, -0.1) is 0 Å². The number of halogens is 1. The smallest absolute Gasteiger partial charge is 0.266 e. The first kappa shape index (κ1) is 22.2. The van der Waals surface area contributed by atoms with Crippen LogP contribution in [0.2, 0.25) is 0 Å². The first-order valence-corrected chi connectivity index (χ1v) is 12.8. The number of anilines is 1. The van der Waals surface area contributed by atoms with Crippen LogP contribution in [-0.4, -0.2) is 23.0 Å². The Morgan fingerprint density at radius 1 is 0.853 bits per heavy atom. The number of pyridine rings is 1. The first-order valence-electron chi connectivity index (χ1n) is 10.2. The highest BCUT2D eigenvalue weighted by Crippen LogP contribution is 2.24. The van der Waals surface area contributed by atoms with Gasteiger partial charge in [0.05, 0.1) is 21.5 Å². The molecule has 0 amide bonds. The number of benzene rings is 3. The van der Waals surface area contributed by atoms with E-state index in [-0.39, 0.29) is 16.3 Å². The van der Waals surface area contributed by atoms with Gasteiger partial charge in [0.1, 0.15) is 11.6 Å². The molecular weight excluding hydrogens is 563 g/mol. The summed E-state index contributed by atoms with van der Waals surface area (Å²) in [6.07, 6.45) is 1.51. The van der Waals surface area contributed by atoms with Gasteiger partial charge >= 0.3 is 0 Å². The molecule has 0 fully saturated rings. The number of aromatic nitrogens is 3. The molecule has 2 heterocycles. The van der Waals surface area contributed by atoms with Crippen LogP contribution in [0.4, 0.5) is 5.82 Å². The molecule has 2 aromatic heterocycles. The molecule has 0 aliphatic rings. The average molecular weight is 580 g/mol. The minimum Gasteiger partial charge on any atom is -0.268 e. The van der Waals surface area contributed by atoms with Crippen molar-refractivity contribution in [3.8, 4) is 17.1 Å². The lowest BCUT2D eigenvalue weighted by molar-refractivity contribution is 0.601.